The molecular weight excluding hydrogens is 332 g/mol. The molecule has 1 aliphatic rings. The molecule has 1 amide bonds. The van der Waals surface area contributed by atoms with Crippen LogP contribution in [-0.2, 0) is 10.0 Å². The molecule has 1 heterocycles. The normalized spacial score (nSPS) is 16.6. The molecule has 0 radical (unpaired) electrons. The minimum Gasteiger partial charge on any atom is -0.496 e. The van der Waals surface area contributed by atoms with E-state index in [9.17, 15) is 13.2 Å². The fourth-order valence-electron chi connectivity index (χ4n) is 2.93. The molecule has 0 spiro atoms. The van der Waals surface area contributed by atoms with E-state index < -0.39 is 10.0 Å². The van der Waals surface area contributed by atoms with Gasteiger partial charge in [-0.2, -0.15) is 0 Å². The van der Waals surface area contributed by atoms with Crippen LogP contribution in [0.15, 0.2) is 12.1 Å². The maximum absolute atomic E-state index is 12.9. The molecule has 1 aromatic carbocycles. The van der Waals surface area contributed by atoms with Gasteiger partial charge in [0, 0.05) is 31.7 Å². The number of benzene rings is 1. The van der Waals surface area contributed by atoms with Crippen LogP contribution in [-0.4, -0.2) is 70.2 Å². The van der Waals surface area contributed by atoms with Crippen LogP contribution in [0, 0.1) is 6.92 Å². The Bertz CT molecular complexity index is 717. The Hall–Kier alpha value is -1.80. The highest BCUT2D eigenvalue weighted by molar-refractivity contribution is 7.88. The summed E-state index contributed by atoms with van der Waals surface area (Å²) in [5.41, 5.74) is 1.22. The van der Waals surface area contributed by atoms with Crippen molar-refractivity contribution in [1.82, 2.24) is 9.21 Å². The first-order valence-electron chi connectivity index (χ1n) is 7.75. The molecule has 0 bridgehead atoms. The van der Waals surface area contributed by atoms with Gasteiger partial charge in [-0.25, -0.2) is 12.7 Å². The maximum atomic E-state index is 12.9. The lowest BCUT2D eigenvalue weighted by atomic mass is 10.1. The third kappa shape index (κ3) is 3.81. The van der Waals surface area contributed by atoms with Crippen molar-refractivity contribution in [3.05, 3.63) is 23.3 Å². The largest absolute Gasteiger partial charge is 0.496 e. The van der Waals surface area contributed by atoms with E-state index in [0.29, 0.717) is 49.7 Å². The topological polar surface area (TPSA) is 76.2 Å². The van der Waals surface area contributed by atoms with Crippen LogP contribution in [0.25, 0.3) is 0 Å². The molecule has 0 atom stereocenters. The van der Waals surface area contributed by atoms with Crippen LogP contribution in [0.1, 0.15) is 22.3 Å². The lowest BCUT2D eigenvalue weighted by Crippen LogP contribution is -2.37. The number of sulfonamides is 1. The van der Waals surface area contributed by atoms with E-state index in [4.69, 9.17) is 9.47 Å². The van der Waals surface area contributed by atoms with Gasteiger partial charge < -0.3 is 14.4 Å². The number of hydrogen-bond donors (Lipinski definition) is 0. The molecular formula is C16H24N2O5S. The second kappa shape index (κ2) is 7.40. The summed E-state index contributed by atoms with van der Waals surface area (Å²) >= 11 is 0. The molecule has 1 aliphatic heterocycles. The summed E-state index contributed by atoms with van der Waals surface area (Å²) in [6.45, 7) is 3.45. The monoisotopic (exact) mass is 356 g/mol. The standard InChI is InChI=1S/C16H24N2O5S/c1-12-14(22-2)7-6-13(15(12)23-3)16(19)17-8-5-9-18(11-10-17)24(4,20)21/h6-7H,5,8-11H2,1-4H3. The first kappa shape index (κ1) is 18.5. The molecule has 134 valence electrons. The zero-order valence-corrected chi connectivity index (χ0v) is 15.4. The third-order valence-electron chi connectivity index (χ3n) is 4.22. The van der Waals surface area contributed by atoms with Gasteiger partial charge in [0.1, 0.15) is 11.5 Å². The van der Waals surface area contributed by atoms with E-state index in [1.165, 1.54) is 17.7 Å². The van der Waals surface area contributed by atoms with Gasteiger partial charge in [0.15, 0.2) is 0 Å². The van der Waals surface area contributed by atoms with Crippen molar-refractivity contribution in [2.24, 2.45) is 0 Å². The van der Waals surface area contributed by atoms with Crippen molar-refractivity contribution in [3.63, 3.8) is 0 Å². The molecule has 0 aromatic heterocycles. The van der Waals surface area contributed by atoms with Gasteiger partial charge in [0.05, 0.1) is 26.0 Å². The fourth-order valence-corrected chi connectivity index (χ4v) is 3.80. The van der Waals surface area contributed by atoms with Crippen LogP contribution >= 0.6 is 0 Å². The first-order valence-corrected chi connectivity index (χ1v) is 9.60. The Morgan fingerprint density at radius 1 is 1.08 bits per heavy atom. The van der Waals surface area contributed by atoms with Crippen LogP contribution in [0.2, 0.25) is 0 Å². The average molecular weight is 356 g/mol. The molecule has 0 N–H and O–H groups in total. The summed E-state index contributed by atoms with van der Waals surface area (Å²) in [7, 11) is -0.150. The van der Waals surface area contributed by atoms with Crippen LogP contribution in [0.3, 0.4) is 0 Å². The number of carbonyl (C=O) groups excluding carboxylic acids is 1. The molecule has 1 aromatic rings. The van der Waals surface area contributed by atoms with Gasteiger partial charge in [-0.3, -0.25) is 4.79 Å². The van der Waals surface area contributed by atoms with Crippen molar-refractivity contribution in [3.8, 4) is 11.5 Å². The summed E-state index contributed by atoms with van der Waals surface area (Å²) in [6.07, 6.45) is 1.80. The molecule has 0 unspecified atom stereocenters. The van der Waals surface area contributed by atoms with Gasteiger partial charge >= 0.3 is 0 Å². The van der Waals surface area contributed by atoms with Crippen LogP contribution < -0.4 is 9.47 Å². The number of nitrogens with zero attached hydrogens (tertiary/aromatic N) is 2. The second-order valence-electron chi connectivity index (χ2n) is 5.78. The smallest absolute Gasteiger partial charge is 0.257 e. The zero-order chi connectivity index (χ0) is 17.9. The lowest BCUT2D eigenvalue weighted by Gasteiger charge is -2.23. The van der Waals surface area contributed by atoms with E-state index in [0.717, 1.165) is 5.56 Å². The van der Waals surface area contributed by atoms with Gasteiger partial charge in [-0.05, 0) is 25.5 Å². The van der Waals surface area contributed by atoms with Crippen molar-refractivity contribution in [1.29, 1.82) is 0 Å². The van der Waals surface area contributed by atoms with E-state index in [-0.39, 0.29) is 5.91 Å². The number of ether oxygens (including phenoxy) is 2. The highest BCUT2D eigenvalue weighted by atomic mass is 32.2. The number of amides is 1. The minimum absolute atomic E-state index is 0.159. The summed E-state index contributed by atoms with van der Waals surface area (Å²) in [4.78, 5) is 14.6. The Kier molecular flexibility index (Phi) is 5.71. The Labute approximate surface area is 143 Å². The summed E-state index contributed by atoms with van der Waals surface area (Å²) in [5, 5.41) is 0. The van der Waals surface area contributed by atoms with Crippen molar-refractivity contribution in [2.45, 2.75) is 13.3 Å². The number of methoxy groups -OCH3 is 2. The van der Waals surface area contributed by atoms with Crippen molar-refractivity contribution < 1.29 is 22.7 Å². The third-order valence-corrected chi connectivity index (χ3v) is 5.52. The maximum Gasteiger partial charge on any atom is 0.257 e. The van der Waals surface area contributed by atoms with Gasteiger partial charge in [0.25, 0.3) is 5.91 Å². The SMILES string of the molecule is COc1ccc(C(=O)N2CCCN(S(C)(=O)=O)CC2)c(OC)c1C. The summed E-state index contributed by atoms with van der Waals surface area (Å²) < 4.78 is 35.5. The molecule has 2 rings (SSSR count). The highest BCUT2D eigenvalue weighted by Gasteiger charge is 2.26. The molecule has 0 saturated carbocycles. The number of hydrogen-bond acceptors (Lipinski definition) is 5. The highest BCUT2D eigenvalue weighted by Crippen LogP contribution is 2.32. The van der Waals surface area contributed by atoms with Crippen LogP contribution in [0.4, 0.5) is 0 Å². The Morgan fingerprint density at radius 2 is 1.79 bits per heavy atom. The second-order valence-corrected chi connectivity index (χ2v) is 7.76. The van der Waals surface area contributed by atoms with Crippen LogP contribution in [0.5, 0.6) is 11.5 Å². The molecule has 1 saturated heterocycles. The Balaban J connectivity index is 2.25. The predicted octanol–water partition coefficient (Wildman–Crippen LogP) is 1.12. The zero-order valence-electron chi connectivity index (χ0n) is 14.5. The van der Waals surface area contributed by atoms with Crippen molar-refractivity contribution in [2.75, 3.05) is 46.7 Å². The van der Waals surface area contributed by atoms with E-state index in [1.807, 2.05) is 6.92 Å². The average Bonchev–Trinajstić information content (AvgIpc) is 2.79. The minimum atomic E-state index is -3.24. The van der Waals surface area contributed by atoms with Crippen molar-refractivity contribution >= 4 is 15.9 Å². The molecule has 8 heteroatoms. The first-order chi connectivity index (χ1) is 11.3. The molecule has 24 heavy (non-hydrogen) atoms. The predicted molar refractivity (Wildman–Crippen MR) is 91.2 cm³/mol. The van der Waals surface area contributed by atoms with E-state index in [1.54, 1.807) is 24.1 Å². The quantitative estimate of drug-likeness (QED) is 0.808. The number of carbonyl (C=O) groups is 1. The summed E-state index contributed by atoms with van der Waals surface area (Å²) in [6, 6.07) is 3.43. The number of rotatable bonds is 4. The van der Waals surface area contributed by atoms with Gasteiger partial charge in [0.2, 0.25) is 10.0 Å². The van der Waals surface area contributed by atoms with E-state index >= 15 is 0 Å². The molecule has 1 fully saturated rings. The van der Waals surface area contributed by atoms with E-state index in [2.05, 4.69) is 0 Å². The molecule has 7 nitrogen and oxygen atoms in total. The lowest BCUT2D eigenvalue weighted by molar-refractivity contribution is 0.0760. The Morgan fingerprint density at radius 3 is 2.38 bits per heavy atom. The fraction of sp³-hybridized carbons (Fsp3) is 0.562. The molecule has 0 aliphatic carbocycles. The van der Waals surface area contributed by atoms with Gasteiger partial charge in [-0.1, -0.05) is 0 Å². The summed E-state index contributed by atoms with van der Waals surface area (Å²) in [5.74, 6) is 0.985. The van der Waals surface area contributed by atoms with Gasteiger partial charge in [-0.15, -0.1) is 0 Å².